The molecule has 0 bridgehead atoms. The molecule has 1 aliphatic heterocycles. The van der Waals surface area contributed by atoms with Crippen molar-refractivity contribution in [2.45, 2.75) is 32.9 Å². The molecule has 2 heterocycles. The van der Waals surface area contributed by atoms with E-state index in [1.165, 1.54) is 6.92 Å². The van der Waals surface area contributed by atoms with Crippen LogP contribution in [-0.4, -0.2) is 77.7 Å². The van der Waals surface area contributed by atoms with E-state index in [-0.39, 0.29) is 42.4 Å². The molecule has 1 aromatic heterocycles. The minimum Gasteiger partial charge on any atom is -0.496 e. The van der Waals surface area contributed by atoms with Crippen molar-refractivity contribution in [2.24, 2.45) is 5.92 Å². The molecule has 8 heteroatoms. The number of para-hydroxylation sites is 1. The SMILES string of the molecule is COc1ccccc1-c1cnc2c(c1)C(=O)N([C@H](C)CO)C[C@@H](C)[C@@H](CN(C)C(C)=O)O2. The zero-order valence-electron chi connectivity index (χ0n) is 19.2. The fraction of sp³-hybridized carbons (Fsp3) is 0.458. The lowest BCUT2D eigenvalue weighted by Crippen LogP contribution is -2.50. The third-order valence-electron chi connectivity index (χ3n) is 5.93. The first-order valence-electron chi connectivity index (χ1n) is 10.7. The van der Waals surface area contributed by atoms with E-state index in [2.05, 4.69) is 4.98 Å². The second-order valence-electron chi connectivity index (χ2n) is 8.30. The van der Waals surface area contributed by atoms with E-state index in [9.17, 15) is 14.7 Å². The van der Waals surface area contributed by atoms with Crippen molar-refractivity contribution in [2.75, 3.05) is 33.9 Å². The highest BCUT2D eigenvalue weighted by atomic mass is 16.5. The lowest BCUT2D eigenvalue weighted by atomic mass is 9.99. The van der Waals surface area contributed by atoms with Gasteiger partial charge in [0, 0.05) is 43.8 Å². The van der Waals surface area contributed by atoms with Crippen LogP contribution in [0.15, 0.2) is 36.5 Å². The standard InChI is InChI=1S/C24H31N3O5/c1-15-12-27(16(2)14-28)24(30)20-10-18(19-8-6-7-9-21(19)31-5)11-25-23(20)32-22(15)13-26(4)17(3)29/h6-11,15-16,22,28H,12-14H2,1-5H3/t15-,16-,22-/m1/s1. The van der Waals surface area contributed by atoms with Gasteiger partial charge in [-0.15, -0.1) is 0 Å². The Morgan fingerprint density at radius 1 is 1.38 bits per heavy atom. The Kier molecular flexibility index (Phi) is 7.35. The number of aliphatic hydroxyl groups excluding tert-OH is 1. The number of hydrogen-bond donors (Lipinski definition) is 1. The van der Waals surface area contributed by atoms with E-state index in [0.29, 0.717) is 24.4 Å². The fourth-order valence-corrected chi connectivity index (χ4v) is 3.75. The van der Waals surface area contributed by atoms with Gasteiger partial charge in [-0.05, 0) is 19.1 Å². The Hall–Kier alpha value is -3.13. The molecular formula is C24H31N3O5. The van der Waals surface area contributed by atoms with Crippen LogP contribution in [-0.2, 0) is 4.79 Å². The molecule has 32 heavy (non-hydrogen) atoms. The molecular weight excluding hydrogens is 410 g/mol. The van der Waals surface area contributed by atoms with Crippen LogP contribution in [0.25, 0.3) is 11.1 Å². The van der Waals surface area contributed by atoms with E-state index < -0.39 is 0 Å². The minimum atomic E-state index is -0.378. The summed E-state index contributed by atoms with van der Waals surface area (Å²) in [5.74, 6) is 0.481. The molecule has 0 radical (unpaired) electrons. The third kappa shape index (κ3) is 4.85. The van der Waals surface area contributed by atoms with Crippen molar-refractivity contribution in [3.63, 3.8) is 0 Å². The Labute approximate surface area is 188 Å². The normalized spacial score (nSPS) is 19.3. The number of aliphatic hydroxyl groups is 1. The van der Waals surface area contributed by atoms with E-state index in [4.69, 9.17) is 9.47 Å². The van der Waals surface area contributed by atoms with E-state index in [0.717, 1.165) is 11.1 Å². The number of pyridine rings is 1. The Morgan fingerprint density at radius 2 is 2.09 bits per heavy atom. The van der Waals surface area contributed by atoms with Crippen LogP contribution in [0.5, 0.6) is 11.6 Å². The number of carbonyl (C=O) groups is 2. The highest BCUT2D eigenvalue weighted by molar-refractivity contribution is 5.98. The largest absolute Gasteiger partial charge is 0.496 e. The number of amides is 2. The molecule has 0 unspecified atom stereocenters. The third-order valence-corrected chi connectivity index (χ3v) is 5.93. The summed E-state index contributed by atoms with van der Waals surface area (Å²) >= 11 is 0. The summed E-state index contributed by atoms with van der Waals surface area (Å²) < 4.78 is 11.7. The fourth-order valence-electron chi connectivity index (χ4n) is 3.75. The molecule has 172 valence electrons. The number of nitrogens with zero attached hydrogens (tertiary/aromatic N) is 3. The number of likely N-dealkylation sites (N-methyl/N-ethyl adjacent to an activating group) is 1. The second kappa shape index (κ2) is 9.99. The molecule has 1 aliphatic rings. The number of rotatable bonds is 6. The number of benzene rings is 1. The van der Waals surface area contributed by atoms with Crippen molar-refractivity contribution in [1.29, 1.82) is 0 Å². The number of ether oxygens (including phenoxy) is 2. The summed E-state index contributed by atoms with van der Waals surface area (Å²) in [5, 5.41) is 9.78. The molecule has 8 nitrogen and oxygen atoms in total. The zero-order valence-corrected chi connectivity index (χ0v) is 19.2. The van der Waals surface area contributed by atoms with E-state index >= 15 is 0 Å². The summed E-state index contributed by atoms with van der Waals surface area (Å²) in [6, 6.07) is 8.89. The van der Waals surface area contributed by atoms with Gasteiger partial charge in [0.1, 0.15) is 17.4 Å². The Bertz CT molecular complexity index is 980. The highest BCUT2D eigenvalue weighted by Gasteiger charge is 2.34. The maximum absolute atomic E-state index is 13.5. The first-order chi connectivity index (χ1) is 15.3. The van der Waals surface area contributed by atoms with Crippen LogP contribution in [0.4, 0.5) is 0 Å². The molecule has 0 saturated heterocycles. The first-order valence-corrected chi connectivity index (χ1v) is 10.7. The van der Waals surface area contributed by atoms with Crippen molar-refractivity contribution in [3.8, 4) is 22.8 Å². The van der Waals surface area contributed by atoms with Crippen LogP contribution in [0.2, 0.25) is 0 Å². The van der Waals surface area contributed by atoms with E-state index in [1.807, 2.05) is 31.2 Å². The van der Waals surface area contributed by atoms with Crippen LogP contribution in [0, 0.1) is 5.92 Å². The number of methoxy groups -OCH3 is 1. The minimum absolute atomic E-state index is 0.0702. The van der Waals surface area contributed by atoms with Gasteiger partial charge in [0.25, 0.3) is 5.91 Å². The molecule has 2 amide bonds. The second-order valence-corrected chi connectivity index (χ2v) is 8.30. The lowest BCUT2D eigenvalue weighted by Gasteiger charge is -2.37. The number of fused-ring (bicyclic) bond motifs is 1. The van der Waals surface area contributed by atoms with Crippen LogP contribution >= 0.6 is 0 Å². The van der Waals surface area contributed by atoms with E-state index in [1.54, 1.807) is 43.1 Å². The van der Waals surface area contributed by atoms with Gasteiger partial charge < -0.3 is 24.4 Å². The smallest absolute Gasteiger partial charge is 0.259 e. The van der Waals surface area contributed by atoms with Gasteiger partial charge in [-0.1, -0.05) is 25.1 Å². The zero-order chi connectivity index (χ0) is 23.4. The summed E-state index contributed by atoms with van der Waals surface area (Å²) in [6.45, 7) is 5.87. The lowest BCUT2D eigenvalue weighted by molar-refractivity contribution is -0.129. The molecule has 0 aliphatic carbocycles. The molecule has 1 aromatic carbocycles. The van der Waals surface area contributed by atoms with Gasteiger partial charge in [0.15, 0.2) is 0 Å². The van der Waals surface area contributed by atoms with Crippen LogP contribution in [0.3, 0.4) is 0 Å². The van der Waals surface area contributed by atoms with Crippen molar-refractivity contribution in [1.82, 2.24) is 14.8 Å². The van der Waals surface area contributed by atoms with Gasteiger partial charge in [0.05, 0.1) is 26.3 Å². The first kappa shape index (κ1) is 23.5. The quantitative estimate of drug-likeness (QED) is 0.740. The van der Waals surface area contributed by atoms with Crippen molar-refractivity contribution >= 4 is 11.8 Å². The maximum atomic E-state index is 13.5. The molecule has 3 atom stereocenters. The van der Waals surface area contributed by atoms with Gasteiger partial charge in [-0.25, -0.2) is 4.98 Å². The number of aromatic nitrogens is 1. The monoisotopic (exact) mass is 441 g/mol. The molecule has 0 spiro atoms. The highest BCUT2D eigenvalue weighted by Crippen LogP contribution is 2.34. The van der Waals surface area contributed by atoms with Crippen molar-refractivity contribution in [3.05, 3.63) is 42.1 Å². The Balaban J connectivity index is 2.09. The molecule has 0 fully saturated rings. The van der Waals surface area contributed by atoms with Crippen LogP contribution < -0.4 is 9.47 Å². The molecule has 3 rings (SSSR count). The average molecular weight is 442 g/mol. The predicted molar refractivity (Wildman–Crippen MR) is 121 cm³/mol. The molecule has 2 aromatic rings. The van der Waals surface area contributed by atoms with Gasteiger partial charge in [-0.3, -0.25) is 9.59 Å². The van der Waals surface area contributed by atoms with Gasteiger partial charge in [0.2, 0.25) is 11.8 Å². The summed E-state index contributed by atoms with van der Waals surface area (Å²) in [5.41, 5.74) is 1.85. The van der Waals surface area contributed by atoms with Crippen LogP contribution in [0.1, 0.15) is 31.1 Å². The number of carbonyl (C=O) groups excluding carboxylic acids is 2. The Morgan fingerprint density at radius 3 is 2.75 bits per heavy atom. The van der Waals surface area contributed by atoms with Gasteiger partial charge in [-0.2, -0.15) is 0 Å². The predicted octanol–water partition coefficient (Wildman–Crippen LogP) is 2.46. The molecule has 0 saturated carbocycles. The van der Waals surface area contributed by atoms with Gasteiger partial charge >= 0.3 is 0 Å². The van der Waals surface area contributed by atoms with Crippen molar-refractivity contribution < 1.29 is 24.2 Å². The summed E-state index contributed by atoms with van der Waals surface area (Å²) in [7, 11) is 3.31. The topological polar surface area (TPSA) is 92.2 Å². The summed E-state index contributed by atoms with van der Waals surface area (Å²) in [6.07, 6.45) is 1.29. The molecule has 1 N–H and O–H groups in total. The average Bonchev–Trinajstić information content (AvgIpc) is 2.80. The maximum Gasteiger partial charge on any atom is 0.259 e. The number of hydrogen-bond acceptors (Lipinski definition) is 6. The summed E-state index contributed by atoms with van der Waals surface area (Å²) in [4.78, 5) is 33.0.